The van der Waals surface area contributed by atoms with E-state index >= 15 is 0 Å². The van der Waals surface area contributed by atoms with Crippen molar-refractivity contribution >= 4 is 59.2 Å². The maximum absolute atomic E-state index is 10.1. The Balaban J connectivity index is 0.000001000. The molecule has 0 aliphatic heterocycles. The van der Waals surface area contributed by atoms with Gasteiger partial charge in [-0.2, -0.15) is 0 Å². The zero-order valence-electron chi connectivity index (χ0n) is 4.76. The van der Waals surface area contributed by atoms with Gasteiger partial charge in [-0.1, -0.05) is 0 Å². The van der Waals surface area contributed by atoms with Crippen LogP contribution in [0, 0.1) is 0 Å². The van der Waals surface area contributed by atoms with Crippen molar-refractivity contribution in [1.82, 2.24) is 9.97 Å². The van der Waals surface area contributed by atoms with Gasteiger partial charge in [-0.3, -0.25) is 9.79 Å². The molecule has 8 heteroatoms. The van der Waals surface area contributed by atoms with Crippen molar-refractivity contribution in [1.29, 1.82) is 0 Å². The van der Waals surface area contributed by atoms with Crippen molar-refractivity contribution in [2.24, 2.45) is 0 Å². The molecule has 1 aromatic rings. The molecule has 6 nitrogen and oxygen atoms in total. The molecular weight excluding hydrogens is 198 g/mol. The fourth-order valence-electron chi connectivity index (χ4n) is 0.413. The van der Waals surface area contributed by atoms with Crippen molar-refractivity contribution in [3.8, 4) is 6.01 Å². The number of hydrogen-bond donors (Lipinski definition) is 3. The molecule has 58 valence electrons. The van der Waals surface area contributed by atoms with E-state index in [0.29, 0.717) is 0 Å². The van der Waals surface area contributed by atoms with Gasteiger partial charge in [0.15, 0.2) is 0 Å². The van der Waals surface area contributed by atoms with Gasteiger partial charge < -0.3 is 9.51 Å². The Kier molecular flexibility index (Phi) is 5.08. The van der Waals surface area contributed by atoms with Crippen LogP contribution in [-0.2, 0) is 4.57 Å². The van der Waals surface area contributed by atoms with Crippen LogP contribution in [0.2, 0.25) is 0 Å². The molecule has 0 spiro atoms. The first-order valence-corrected chi connectivity index (χ1v) is 3.85. The summed E-state index contributed by atoms with van der Waals surface area (Å²) in [5.74, 6) is 0. The third kappa shape index (κ3) is 5.10. The van der Waals surface area contributed by atoms with Gasteiger partial charge in [0.05, 0.1) is 0 Å². The van der Waals surface area contributed by atoms with Crippen LogP contribution in [0.3, 0.4) is 0 Å². The van der Waals surface area contributed by atoms with Crippen molar-refractivity contribution in [2.75, 3.05) is 0 Å². The Morgan fingerprint density at radius 1 is 1.64 bits per heavy atom. The summed E-state index contributed by atoms with van der Waals surface area (Å²) in [5.41, 5.74) is 0. The molecular formula is C3H6KN2O4P. The van der Waals surface area contributed by atoms with E-state index in [2.05, 4.69) is 14.5 Å². The molecule has 0 saturated carbocycles. The molecule has 1 heterocycles. The summed E-state index contributed by atoms with van der Waals surface area (Å²) in [7, 11) is -4.45. The summed E-state index contributed by atoms with van der Waals surface area (Å²) in [4.78, 5) is 22.2. The second-order valence-corrected chi connectivity index (χ2v) is 2.64. The summed E-state index contributed by atoms with van der Waals surface area (Å²) < 4.78 is 14.2. The van der Waals surface area contributed by atoms with Crippen LogP contribution in [0.1, 0.15) is 0 Å². The number of nitrogens with one attached hydrogen (secondary N) is 1. The van der Waals surface area contributed by atoms with E-state index in [-0.39, 0.29) is 57.4 Å². The average molecular weight is 204 g/mol. The summed E-state index contributed by atoms with van der Waals surface area (Å²) in [6.07, 6.45) is 2.72. The quantitative estimate of drug-likeness (QED) is 0.434. The Labute approximate surface area is 105 Å². The van der Waals surface area contributed by atoms with Crippen LogP contribution in [0.4, 0.5) is 0 Å². The van der Waals surface area contributed by atoms with Crippen LogP contribution in [0.5, 0.6) is 6.01 Å². The molecule has 0 saturated heterocycles. The maximum atomic E-state index is 10.1. The average Bonchev–Trinajstić information content (AvgIpc) is 2.12. The Hall–Kier alpha value is 0.796. The van der Waals surface area contributed by atoms with Gasteiger partial charge >= 0.3 is 65.2 Å². The summed E-state index contributed by atoms with van der Waals surface area (Å²) in [6.45, 7) is 0. The first-order valence-electron chi connectivity index (χ1n) is 2.32. The van der Waals surface area contributed by atoms with E-state index in [9.17, 15) is 4.57 Å². The molecule has 3 N–H and O–H groups in total. The second-order valence-electron chi connectivity index (χ2n) is 1.48. The molecule has 0 aromatic carbocycles. The van der Waals surface area contributed by atoms with Crippen molar-refractivity contribution in [2.45, 2.75) is 0 Å². The fourth-order valence-corrected chi connectivity index (χ4v) is 0.738. The Bertz CT molecular complexity index is 244. The molecule has 0 bridgehead atoms. The molecule has 0 radical (unpaired) electrons. The summed E-state index contributed by atoms with van der Waals surface area (Å²) >= 11 is 0. The number of rotatable bonds is 2. The van der Waals surface area contributed by atoms with Crippen molar-refractivity contribution < 1.29 is 18.9 Å². The minimum atomic E-state index is -4.45. The molecule has 11 heavy (non-hydrogen) atoms. The van der Waals surface area contributed by atoms with Gasteiger partial charge in [0.1, 0.15) is 0 Å². The molecule has 0 fully saturated rings. The first-order chi connectivity index (χ1) is 4.58. The van der Waals surface area contributed by atoms with E-state index < -0.39 is 7.82 Å². The van der Waals surface area contributed by atoms with Crippen molar-refractivity contribution in [3.63, 3.8) is 0 Å². The zero-order chi connectivity index (χ0) is 7.61. The second kappa shape index (κ2) is 4.73. The van der Waals surface area contributed by atoms with Gasteiger partial charge in [0.25, 0.3) is 0 Å². The molecule has 1 aromatic heterocycles. The SMILES string of the molecule is O=P(O)(O)Oc1ncc[nH]1.[KH]. The number of nitrogens with zero attached hydrogens (tertiary/aromatic N) is 1. The number of phosphoric acid groups is 1. The van der Waals surface area contributed by atoms with E-state index in [1.807, 2.05) is 0 Å². The van der Waals surface area contributed by atoms with Gasteiger partial charge in [0, 0.05) is 12.4 Å². The molecule has 0 aliphatic carbocycles. The van der Waals surface area contributed by atoms with Crippen LogP contribution in [0.15, 0.2) is 12.4 Å². The van der Waals surface area contributed by atoms with Crippen molar-refractivity contribution in [3.05, 3.63) is 12.4 Å². The van der Waals surface area contributed by atoms with Gasteiger partial charge in [-0.25, -0.2) is 9.55 Å². The third-order valence-electron chi connectivity index (χ3n) is 0.679. The van der Waals surface area contributed by atoms with Crippen LogP contribution in [0.25, 0.3) is 0 Å². The van der Waals surface area contributed by atoms with Crippen LogP contribution in [-0.4, -0.2) is 71.1 Å². The monoisotopic (exact) mass is 204 g/mol. The number of hydrogen-bond acceptors (Lipinski definition) is 3. The molecule has 0 aliphatic rings. The number of H-pyrrole nitrogens is 1. The normalized spacial score (nSPS) is 10.4. The Morgan fingerprint density at radius 3 is 2.64 bits per heavy atom. The zero-order valence-corrected chi connectivity index (χ0v) is 5.65. The third-order valence-corrected chi connectivity index (χ3v) is 1.09. The number of aromatic nitrogens is 2. The van der Waals surface area contributed by atoms with E-state index in [0.717, 1.165) is 0 Å². The Morgan fingerprint density at radius 2 is 2.27 bits per heavy atom. The van der Waals surface area contributed by atoms with Crippen LogP contribution < -0.4 is 4.52 Å². The topological polar surface area (TPSA) is 95.4 Å². The molecule has 0 atom stereocenters. The van der Waals surface area contributed by atoms with Gasteiger partial charge in [-0.05, 0) is 0 Å². The predicted molar refractivity (Wildman–Crippen MR) is 38.4 cm³/mol. The summed E-state index contributed by atoms with van der Waals surface area (Å²) in [6, 6.07) is -0.187. The number of imidazole rings is 1. The fraction of sp³-hybridized carbons (Fsp3) is 0. The van der Waals surface area contributed by atoms with Gasteiger partial charge in [-0.15, -0.1) is 0 Å². The van der Waals surface area contributed by atoms with E-state index in [4.69, 9.17) is 9.79 Å². The number of phosphoric ester groups is 1. The molecule has 0 amide bonds. The van der Waals surface area contributed by atoms with Crippen LogP contribution >= 0.6 is 7.82 Å². The van der Waals surface area contributed by atoms with E-state index in [1.54, 1.807) is 0 Å². The standard InChI is InChI=1S/C3H5N2O4P.K.H/c6-10(7,8)9-3-4-1-2-5-3;;/h1-2H,(H,4,5)(H2,6,7,8);;. The number of aromatic amines is 1. The minimum absolute atomic E-state index is 0. The molecule has 0 unspecified atom stereocenters. The summed E-state index contributed by atoms with van der Waals surface area (Å²) in [5, 5.41) is 0. The van der Waals surface area contributed by atoms with E-state index in [1.165, 1.54) is 12.4 Å². The molecule has 1 rings (SSSR count). The first kappa shape index (κ1) is 11.8. The van der Waals surface area contributed by atoms with Gasteiger partial charge in [0.2, 0.25) is 0 Å². The predicted octanol–water partition coefficient (Wildman–Crippen LogP) is -0.767.